The van der Waals surface area contributed by atoms with E-state index in [0.717, 1.165) is 11.6 Å². The zero-order valence-corrected chi connectivity index (χ0v) is 17.6. The first-order valence-electron chi connectivity index (χ1n) is 9.33. The number of hydrogen-bond acceptors (Lipinski definition) is 6. The van der Waals surface area contributed by atoms with Crippen LogP contribution >= 0.6 is 11.8 Å². The first-order valence-corrected chi connectivity index (χ1v) is 10.2. The van der Waals surface area contributed by atoms with E-state index in [1.165, 1.54) is 11.8 Å². The van der Waals surface area contributed by atoms with E-state index in [1.54, 1.807) is 23.2 Å². The number of carbonyl (C=O) groups excluding carboxylic acids is 1. The molecule has 0 spiro atoms. The summed E-state index contributed by atoms with van der Waals surface area (Å²) in [5.41, 5.74) is 0. The smallest absolute Gasteiger partial charge is 0.238 e. The van der Waals surface area contributed by atoms with E-state index in [2.05, 4.69) is 34.5 Å². The van der Waals surface area contributed by atoms with Crippen LogP contribution in [0.25, 0.3) is 0 Å². The molecular formula is C19H26N6O2S. The number of amides is 1. The van der Waals surface area contributed by atoms with Crippen LogP contribution in [0, 0.1) is 0 Å². The highest BCUT2D eigenvalue weighted by Gasteiger charge is 2.23. The van der Waals surface area contributed by atoms with Crippen molar-refractivity contribution in [3.63, 3.8) is 0 Å². The molecule has 1 N–H and O–H groups in total. The maximum absolute atomic E-state index is 12.7. The Bertz CT molecular complexity index is 913. The summed E-state index contributed by atoms with van der Waals surface area (Å²) in [7, 11) is 0. The van der Waals surface area contributed by atoms with Crippen LogP contribution < -0.4 is 5.32 Å². The van der Waals surface area contributed by atoms with Crippen LogP contribution in [0.2, 0.25) is 0 Å². The molecule has 0 aliphatic carbocycles. The molecule has 0 saturated carbocycles. The monoisotopic (exact) mass is 402 g/mol. The van der Waals surface area contributed by atoms with E-state index in [9.17, 15) is 4.79 Å². The molecule has 0 fully saturated rings. The molecule has 8 nitrogen and oxygen atoms in total. The maximum Gasteiger partial charge on any atom is 0.238 e. The Morgan fingerprint density at radius 2 is 2.00 bits per heavy atom. The number of thioether (sulfide) groups is 1. The molecule has 3 aromatic heterocycles. The van der Waals surface area contributed by atoms with Gasteiger partial charge in [-0.1, -0.05) is 25.6 Å². The zero-order chi connectivity index (χ0) is 20.3. The molecule has 1 amide bonds. The Hall–Kier alpha value is -2.55. The molecule has 1 unspecified atom stereocenters. The van der Waals surface area contributed by atoms with E-state index in [-0.39, 0.29) is 23.1 Å². The van der Waals surface area contributed by atoms with Gasteiger partial charge >= 0.3 is 0 Å². The second-order valence-electron chi connectivity index (χ2n) is 7.17. The van der Waals surface area contributed by atoms with Crippen molar-refractivity contribution in [3.8, 4) is 0 Å². The third kappa shape index (κ3) is 4.46. The minimum absolute atomic E-state index is 0.106. The number of aromatic nitrogens is 5. The van der Waals surface area contributed by atoms with Gasteiger partial charge in [0.25, 0.3) is 0 Å². The SMILES string of the molecule is CC(Sc1nnc(C(C)C)n1Cc1ccco1)C(=O)Nc1ccnn1C(C)C. The van der Waals surface area contributed by atoms with E-state index in [4.69, 9.17) is 4.42 Å². The van der Waals surface area contributed by atoms with Crippen molar-refractivity contribution in [2.24, 2.45) is 0 Å². The van der Waals surface area contributed by atoms with Crippen LogP contribution in [-0.2, 0) is 11.3 Å². The molecule has 3 heterocycles. The number of furan rings is 1. The maximum atomic E-state index is 12.7. The molecule has 0 aromatic carbocycles. The number of hydrogen-bond donors (Lipinski definition) is 1. The van der Waals surface area contributed by atoms with Crippen LogP contribution in [0.15, 0.2) is 40.2 Å². The summed E-state index contributed by atoms with van der Waals surface area (Å²) in [4.78, 5) is 12.7. The molecule has 1 atom stereocenters. The predicted molar refractivity (Wildman–Crippen MR) is 108 cm³/mol. The highest BCUT2D eigenvalue weighted by atomic mass is 32.2. The topological polar surface area (TPSA) is 90.8 Å². The van der Waals surface area contributed by atoms with Gasteiger partial charge in [-0.05, 0) is 32.9 Å². The summed E-state index contributed by atoms with van der Waals surface area (Å²) >= 11 is 1.38. The first kappa shape index (κ1) is 20.2. The minimum atomic E-state index is -0.352. The molecule has 0 bridgehead atoms. The molecule has 0 saturated heterocycles. The van der Waals surface area contributed by atoms with E-state index < -0.39 is 0 Å². The van der Waals surface area contributed by atoms with Gasteiger partial charge in [-0.15, -0.1) is 10.2 Å². The average molecular weight is 403 g/mol. The number of nitrogens with one attached hydrogen (secondary N) is 1. The normalized spacial score (nSPS) is 12.7. The van der Waals surface area contributed by atoms with Gasteiger partial charge in [0.15, 0.2) is 5.16 Å². The van der Waals surface area contributed by atoms with E-state index in [0.29, 0.717) is 17.5 Å². The number of nitrogens with zero attached hydrogens (tertiary/aromatic N) is 5. The van der Waals surface area contributed by atoms with E-state index >= 15 is 0 Å². The molecule has 3 aromatic rings. The molecule has 150 valence electrons. The van der Waals surface area contributed by atoms with Gasteiger partial charge in [0.05, 0.1) is 24.3 Å². The first-order chi connectivity index (χ1) is 13.4. The fourth-order valence-corrected chi connectivity index (χ4v) is 3.64. The standard InChI is InChI=1S/C19H26N6O2S/c1-12(2)17-22-23-19(24(17)11-15-7-6-10-27-15)28-14(5)18(26)21-16-8-9-20-25(16)13(3)4/h6-10,12-14H,11H2,1-5H3,(H,21,26). The summed E-state index contributed by atoms with van der Waals surface area (Å²) in [6.45, 7) is 10.6. The van der Waals surface area contributed by atoms with Gasteiger partial charge in [-0.2, -0.15) is 5.10 Å². The molecule has 0 radical (unpaired) electrons. The van der Waals surface area contributed by atoms with Crippen LogP contribution in [0.3, 0.4) is 0 Å². The average Bonchev–Trinajstić information content (AvgIpc) is 3.37. The third-order valence-corrected chi connectivity index (χ3v) is 5.30. The van der Waals surface area contributed by atoms with Crippen molar-refractivity contribution in [3.05, 3.63) is 42.2 Å². The molecular weight excluding hydrogens is 376 g/mol. The Balaban J connectivity index is 1.75. The van der Waals surface area contributed by atoms with E-state index in [1.807, 2.05) is 37.5 Å². The number of carbonyl (C=O) groups is 1. The van der Waals surface area contributed by atoms with Gasteiger partial charge in [0.2, 0.25) is 5.91 Å². The number of rotatable bonds is 8. The van der Waals surface area contributed by atoms with Crippen LogP contribution in [0.1, 0.15) is 58.2 Å². The van der Waals surface area contributed by atoms with Gasteiger partial charge in [0, 0.05) is 18.0 Å². The Kier molecular flexibility index (Phi) is 6.23. The highest BCUT2D eigenvalue weighted by molar-refractivity contribution is 8.00. The predicted octanol–water partition coefficient (Wildman–Crippen LogP) is 3.94. The Morgan fingerprint density at radius 1 is 1.21 bits per heavy atom. The fourth-order valence-electron chi connectivity index (χ4n) is 2.79. The lowest BCUT2D eigenvalue weighted by molar-refractivity contribution is -0.115. The molecule has 0 aliphatic heterocycles. The second kappa shape index (κ2) is 8.64. The summed E-state index contributed by atoms with van der Waals surface area (Å²) < 4.78 is 9.27. The lowest BCUT2D eigenvalue weighted by Gasteiger charge is -2.15. The van der Waals surface area contributed by atoms with Crippen molar-refractivity contribution in [2.45, 2.75) is 63.5 Å². The van der Waals surface area contributed by atoms with Crippen molar-refractivity contribution >= 4 is 23.5 Å². The van der Waals surface area contributed by atoms with Crippen molar-refractivity contribution in [2.75, 3.05) is 5.32 Å². The summed E-state index contributed by atoms with van der Waals surface area (Å²) in [6.07, 6.45) is 3.33. The Morgan fingerprint density at radius 3 is 2.64 bits per heavy atom. The van der Waals surface area contributed by atoms with Gasteiger partial charge in [-0.25, -0.2) is 4.68 Å². The fraction of sp³-hybridized carbons (Fsp3) is 0.474. The van der Waals surface area contributed by atoms with Gasteiger partial charge in [-0.3, -0.25) is 9.36 Å². The molecule has 9 heteroatoms. The van der Waals surface area contributed by atoms with Crippen molar-refractivity contribution in [1.29, 1.82) is 0 Å². The van der Waals surface area contributed by atoms with Crippen LogP contribution in [-0.4, -0.2) is 35.7 Å². The quantitative estimate of drug-likeness (QED) is 0.574. The largest absolute Gasteiger partial charge is 0.467 e. The number of anilines is 1. The Labute approximate surface area is 168 Å². The van der Waals surface area contributed by atoms with Crippen molar-refractivity contribution in [1.82, 2.24) is 24.5 Å². The lowest BCUT2D eigenvalue weighted by Crippen LogP contribution is -2.25. The van der Waals surface area contributed by atoms with Crippen LogP contribution in [0.4, 0.5) is 5.82 Å². The van der Waals surface area contributed by atoms with Crippen molar-refractivity contribution < 1.29 is 9.21 Å². The molecule has 3 rings (SSSR count). The van der Waals surface area contributed by atoms with Crippen LogP contribution in [0.5, 0.6) is 0 Å². The van der Waals surface area contributed by atoms with Gasteiger partial charge in [0.1, 0.15) is 17.4 Å². The molecule has 28 heavy (non-hydrogen) atoms. The summed E-state index contributed by atoms with van der Waals surface area (Å²) in [5.74, 6) is 2.48. The molecule has 0 aliphatic rings. The second-order valence-corrected chi connectivity index (χ2v) is 8.47. The van der Waals surface area contributed by atoms with Gasteiger partial charge < -0.3 is 9.73 Å². The summed E-state index contributed by atoms with van der Waals surface area (Å²) in [6, 6.07) is 5.74. The zero-order valence-electron chi connectivity index (χ0n) is 16.8. The minimum Gasteiger partial charge on any atom is -0.467 e. The highest BCUT2D eigenvalue weighted by Crippen LogP contribution is 2.27. The summed E-state index contributed by atoms with van der Waals surface area (Å²) in [5, 5.41) is 16.2. The third-order valence-electron chi connectivity index (χ3n) is 4.22. The lowest BCUT2D eigenvalue weighted by atomic mass is 10.2.